The van der Waals surface area contributed by atoms with E-state index in [0.717, 1.165) is 10.8 Å². The second kappa shape index (κ2) is 6.93. The van der Waals surface area contributed by atoms with Crippen molar-refractivity contribution in [3.8, 4) is 0 Å². The van der Waals surface area contributed by atoms with E-state index in [0.29, 0.717) is 24.3 Å². The van der Waals surface area contributed by atoms with Gasteiger partial charge in [-0.25, -0.2) is 5.48 Å². The number of hydrogen-bond donors (Lipinski definition) is 3. The van der Waals surface area contributed by atoms with Gasteiger partial charge in [0, 0.05) is 24.6 Å². The van der Waals surface area contributed by atoms with Crippen molar-refractivity contribution in [2.24, 2.45) is 0 Å². The van der Waals surface area contributed by atoms with Crippen molar-refractivity contribution < 1.29 is 19.3 Å². The molecule has 24 heavy (non-hydrogen) atoms. The van der Waals surface area contributed by atoms with Crippen LogP contribution in [0.3, 0.4) is 0 Å². The minimum absolute atomic E-state index is 0.0200. The summed E-state index contributed by atoms with van der Waals surface area (Å²) in [6, 6.07) is 14.7. The molecule has 0 atom stereocenters. The van der Waals surface area contributed by atoms with Gasteiger partial charge in [0.2, 0.25) is 0 Å². The zero-order valence-electron chi connectivity index (χ0n) is 12.7. The lowest BCUT2D eigenvalue weighted by Crippen LogP contribution is -2.25. The van der Waals surface area contributed by atoms with Crippen molar-refractivity contribution >= 4 is 22.6 Å². The van der Waals surface area contributed by atoms with Gasteiger partial charge in [-0.2, -0.15) is 0 Å². The van der Waals surface area contributed by atoms with E-state index in [-0.39, 0.29) is 11.6 Å². The van der Waals surface area contributed by atoms with Crippen LogP contribution in [-0.2, 0) is 6.42 Å². The van der Waals surface area contributed by atoms with Crippen molar-refractivity contribution in [1.29, 1.82) is 0 Å². The van der Waals surface area contributed by atoms with Crippen molar-refractivity contribution in [3.63, 3.8) is 0 Å². The molecule has 0 aliphatic heterocycles. The van der Waals surface area contributed by atoms with Gasteiger partial charge in [-0.15, -0.1) is 0 Å². The molecule has 7 heteroatoms. The van der Waals surface area contributed by atoms with Crippen LogP contribution < -0.4 is 10.8 Å². The molecule has 3 N–H and O–H groups in total. The number of hydroxylamine groups is 1. The van der Waals surface area contributed by atoms with Crippen LogP contribution in [0.5, 0.6) is 0 Å². The second-order valence-electron chi connectivity index (χ2n) is 5.19. The number of carbonyl (C=O) groups excluding carboxylic acids is 2. The maximum atomic E-state index is 12.2. The Morgan fingerprint density at radius 2 is 1.83 bits per heavy atom. The van der Waals surface area contributed by atoms with Crippen LogP contribution in [0, 0.1) is 0 Å². The van der Waals surface area contributed by atoms with E-state index in [1.165, 1.54) is 11.5 Å². The van der Waals surface area contributed by atoms with E-state index in [2.05, 4.69) is 10.5 Å². The topological polar surface area (TPSA) is 104 Å². The van der Waals surface area contributed by atoms with Crippen molar-refractivity contribution in [2.75, 3.05) is 6.54 Å². The molecule has 2 amide bonds. The number of nitrogens with one attached hydrogen (secondary N) is 2. The van der Waals surface area contributed by atoms with E-state index >= 15 is 0 Å². The minimum Gasteiger partial charge on any atom is -0.361 e. The molecular formula is C17H15N3O4. The first-order valence-corrected chi connectivity index (χ1v) is 7.34. The fourth-order valence-electron chi connectivity index (χ4n) is 2.33. The SMILES string of the molecule is O=C(NCCc1cc(C(=O)NO)no1)c1ccc2ccccc2c1. The van der Waals surface area contributed by atoms with Crippen molar-refractivity contribution in [1.82, 2.24) is 16.0 Å². The Kier molecular flexibility index (Phi) is 4.53. The number of amides is 2. The molecule has 0 unspecified atom stereocenters. The molecule has 0 fully saturated rings. The Bertz CT molecular complexity index is 888. The standard InChI is InChI=1S/C17H15N3O4/c21-16(13-6-5-11-3-1-2-4-12(11)9-13)18-8-7-14-10-15(20-24-14)17(22)19-23/h1-6,9-10,23H,7-8H2,(H,18,21)(H,19,22). The number of benzene rings is 2. The van der Waals surface area contributed by atoms with Crippen LogP contribution in [0.4, 0.5) is 0 Å². The Balaban J connectivity index is 1.58. The number of hydrogen-bond acceptors (Lipinski definition) is 5. The molecule has 0 spiro atoms. The summed E-state index contributed by atoms with van der Waals surface area (Å²) in [4.78, 5) is 23.3. The first-order chi connectivity index (χ1) is 11.7. The predicted molar refractivity (Wildman–Crippen MR) is 85.7 cm³/mol. The Labute approximate surface area is 137 Å². The first kappa shape index (κ1) is 15.7. The molecule has 7 nitrogen and oxygen atoms in total. The third kappa shape index (κ3) is 3.41. The first-order valence-electron chi connectivity index (χ1n) is 7.34. The number of aromatic nitrogens is 1. The van der Waals surface area contributed by atoms with Gasteiger partial charge in [-0.3, -0.25) is 14.8 Å². The number of nitrogens with zero attached hydrogens (tertiary/aromatic N) is 1. The monoisotopic (exact) mass is 325 g/mol. The average molecular weight is 325 g/mol. The van der Waals surface area contributed by atoms with E-state index in [9.17, 15) is 9.59 Å². The summed E-state index contributed by atoms with van der Waals surface area (Å²) in [5, 5.41) is 16.9. The van der Waals surface area contributed by atoms with Gasteiger partial charge in [0.05, 0.1) is 0 Å². The molecule has 2 aromatic carbocycles. The van der Waals surface area contributed by atoms with Crippen LogP contribution in [0.1, 0.15) is 26.6 Å². The summed E-state index contributed by atoms with van der Waals surface area (Å²) in [5.41, 5.74) is 2.03. The molecule has 0 saturated carbocycles. The summed E-state index contributed by atoms with van der Waals surface area (Å²) in [6.07, 6.45) is 0.380. The number of carbonyl (C=O) groups is 2. The van der Waals surface area contributed by atoms with E-state index in [1.54, 1.807) is 6.07 Å². The van der Waals surface area contributed by atoms with E-state index in [4.69, 9.17) is 9.73 Å². The predicted octanol–water partition coefficient (Wildman–Crippen LogP) is 1.92. The highest BCUT2D eigenvalue weighted by Crippen LogP contribution is 2.15. The largest absolute Gasteiger partial charge is 0.361 e. The quantitative estimate of drug-likeness (QED) is 0.491. The molecule has 3 rings (SSSR count). The maximum absolute atomic E-state index is 12.2. The normalized spacial score (nSPS) is 10.5. The summed E-state index contributed by atoms with van der Waals surface area (Å²) in [6.45, 7) is 0.334. The lowest BCUT2D eigenvalue weighted by molar-refractivity contribution is 0.0696. The molecule has 0 bridgehead atoms. The molecule has 3 aromatic rings. The summed E-state index contributed by atoms with van der Waals surface area (Å²) in [5.74, 6) is -0.494. The minimum atomic E-state index is -0.745. The highest BCUT2D eigenvalue weighted by atomic mass is 16.5. The molecule has 0 radical (unpaired) electrons. The lowest BCUT2D eigenvalue weighted by Gasteiger charge is -2.05. The lowest BCUT2D eigenvalue weighted by atomic mass is 10.1. The molecule has 0 aliphatic carbocycles. The highest BCUT2D eigenvalue weighted by molar-refractivity contribution is 5.98. The summed E-state index contributed by atoms with van der Waals surface area (Å²) in [7, 11) is 0. The molecule has 1 heterocycles. The number of fused-ring (bicyclic) bond motifs is 1. The van der Waals surface area contributed by atoms with Gasteiger partial charge >= 0.3 is 0 Å². The Morgan fingerprint density at radius 1 is 1.04 bits per heavy atom. The molecule has 122 valence electrons. The molecule has 1 aromatic heterocycles. The zero-order valence-corrected chi connectivity index (χ0v) is 12.7. The van der Waals surface area contributed by atoms with Crippen LogP contribution in [0.2, 0.25) is 0 Å². The van der Waals surface area contributed by atoms with E-state index in [1.807, 2.05) is 36.4 Å². The van der Waals surface area contributed by atoms with Crippen molar-refractivity contribution in [3.05, 3.63) is 65.5 Å². The summed E-state index contributed by atoms with van der Waals surface area (Å²) >= 11 is 0. The Hall–Kier alpha value is -3.19. The van der Waals surface area contributed by atoms with Crippen molar-refractivity contribution in [2.45, 2.75) is 6.42 Å². The molecule has 0 saturated heterocycles. The van der Waals surface area contributed by atoms with Gasteiger partial charge in [0.25, 0.3) is 11.8 Å². The van der Waals surface area contributed by atoms with Crippen LogP contribution in [0.15, 0.2) is 53.1 Å². The maximum Gasteiger partial charge on any atom is 0.296 e. The smallest absolute Gasteiger partial charge is 0.296 e. The number of rotatable bonds is 5. The van der Waals surface area contributed by atoms with Crippen LogP contribution >= 0.6 is 0 Å². The fourth-order valence-corrected chi connectivity index (χ4v) is 2.33. The fraction of sp³-hybridized carbons (Fsp3) is 0.118. The summed E-state index contributed by atoms with van der Waals surface area (Å²) < 4.78 is 4.96. The van der Waals surface area contributed by atoms with Gasteiger partial charge in [0.1, 0.15) is 5.76 Å². The van der Waals surface area contributed by atoms with Crippen LogP contribution in [0.25, 0.3) is 10.8 Å². The van der Waals surface area contributed by atoms with E-state index < -0.39 is 5.91 Å². The van der Waals surface area contributed by atoms with Gasteiger partial charge in [0.15, 0.2) is 5.69 Å². The third-order valence-corrected chi connectivity index (χ3v) is 3.56. The third-order valence-electron chi connectivity index (χ3n) is 3.56. The van der Waals surface area contributed by atoms with Gasteiger partial charge < -0.3 is 9.84 Å². The van der Waals surface area contributed by atoms with Gasteiger partial charge in [-0.05, 0) is 22.9 Å². The molecular weight excluding hydrogens is 310 g/mol. The highest BCUT2D eigenvalue weighted by Gasteiger charge is 2.12. The average Bonchev–Trinajstić information content (AvgIpc) is 3.09. The van der Waals surface area contributed by atoms with Gasteiger partial charge in [-0.1, -0.05) is 35.5 Å². The Morgan fingerprint density at radius 3 is 2.62 bits per heavy atom. The van der Waals surface area contributed by atoms with Crippen LogP contribution in [-0.4, -0.2) is 28.7 Å². The molecule has 0 aliphatic rings. The zero-order chi connectivity index (χ0) is 16.9. The second-order valence-corrected chi connectivity index (χ2v) is 5.19.